The summed E-state index contributed by atoms with van der Waals surface area (Å²) in [6.45, 7) is 4.36. The molecule has 2 aromatic carbocycles. The molecule has 0 spiro atoms. The van der Waals surface area contributed by atoms with Crippen molar-refractivity contribution in [2.75, 3.05) is 33.4 Å². The molecule has 2 atom stereocenters. The summed E-state index contributed by atoms with van der Waals surface area (Å²) >= 11 is 0. The Labute approximate surface area is 171 Å². The van der Waals surface area contributed by atoms with Crippen molar-refractivity contribution in [3.05, 3.63) is 59.4 Å². The van der Waals surface area contributed by atoms with Gasteiger partial charge in [0.15, 0.2) is 11.5 Å². The number of likely N-dealkylation sites (tertiary alicyclic amines) is 1. The fourth-order valence-electron chi connectivity index (χ4n) is 4.13. The first kappa shape index (κ1) is 19.7. The number of carbonyl (C=O) groups is 1. The monoisotopic (exact) mass is 398 g/mol. The van der Waals surface area contributed by atoms with Gasteiger partial charge in [0, 0.05) is 13.1 Å². The molecule has 154 valence electrons. The van der Waals surface area contributed by atoms with Gasteiger partial charge in [-0.05, 0) is 61.7 Å². The number of hydrogen-bond donors (Lipinski definition) is 0. The standard InChI is InChI=1S/C23H27FN2O3/c1-16(17-5-8-19(24)9-6-17)25(2)23(27)15-26-11-3-4-20(26)18-7-10-21-22(14-18)29-13-12-28-21/h5-10,14,16,20H,3-4,11-13,15H2,1-2H3/t16-,20+/m1/s1. The highest BCUT2D eigenvalue weighted by Gasteiger charge is 2.30. The molecule has 0 N–H and O–H groups in total. The Bertz CT molecular complexity index is 871. The molecule has 0 bridgehead atoms. The zero-order valence-electron chi connectivity index (χ0n) is 16.9. The van der Waals surface area contributed by atoms with Crippen molar-refractivity contribution in [2.45, 2.75) is 31.8 Å². The van der Waals surface area contributed by atoms with E-state index in [1.165, 1.54) is 12.1 Å². The van der Waals surface area contributed by atoms with Gasteiger partial charge in [-0.1, -0.05) is 18.2 Å². The summed E-state index contributed by atoms with van der Waals surface area (Å²) in [5, 5.41) is 0. The summed E-state index contributed by atoms with van der Waals surface area (Å²) in [6, 6.07) is 12.5. The molecule has 1 saturated heterocycles. The minimum atomic E-state index is -0.269. The Morgan fingerprint density at radius 3 is 2.66 bits per heavy atom. The van der Waals surface area contributed by atoms with Crippen LogP contribution in [0.3, 0.4) is 0 Å². The lowest BCUT2D eigenvalue weighted by Crippen LogP contribution is -2.39. The van der Waals surface area contributed by atoms with Gasteiger partial charge in [0.2, 0.25) is 5.91 Å². The largest absolute Gasteiger partial charge is 0.486 e. The molecule has 2 aromatic rings. The summed E-state index contributed by atoms with van der Waals surface area (Å²) in [5.74, 6) is 1.36. The van der Waals surface area contributed by atoms with E-state index in [4.69, 9.17) is 9.47 Å². The molecule has 0 saturated carbocycles. The van der Waals surface area contributed by atoms with Crippen molar-refractivity contribution in [3.63, 3.8) is 0 Å². The van der Waals surface area contributed by atoms with Gasteiger partial charge in [-0.25, -0.2) is 4.39 Å². The van der Waals surface area contributed by atoms with Gasteiger partial charge in [-0.15, -0.1) is 0 Å². The van der Waals surface area contributed by atoms with Crippen LogP contribution in [0.4, 0.5) is 4.39 Å². The Kier molecular flexibility index (Phi) is 5.72. The van der Waals surface area contributed by atoms with Crippen LogP contribution in [0.5, 0.6) is 11.5 Å². The molecule has 29 heavy (non-hydrogen) atoms. The fourth-order valence-corrected chi connectivity index (χ4v) is 4.13. The van der Waals surface area contributed by atoms with Crippen LogP contribution >= 0.6 is 0 Å². The number of nitrogens with zero attached hydrogens (tertiary/aromatic N) is 2. The quantitative estimate of drug-likeness (QED) is 0.765. The predicted octanol–water partition coefficient (Wildman–Crippen LogP) is 3.95. The number of hydrogen-bond acceptors (Lipinski definition) is 4. The SMILES string of the molecule is C[C@H](c1ccc(F)cc1)N(C)C(=O)CN1CCC[C@H]1c1ccc2c(c1)OCCO2. The Hall–Kier alpha value is -2.60. The molecule has 0 aromatic heterocycles. The minimum Gasteiger partial charge on any atom is -0.486 e. The molecule has 2 aliphatic heterocycles. The number of benzene rings is 2. The summed E-state index contributed by atoms with van der Waals surface area (Å²) in [4.78, 5) is 16.9. The van der Waals surface area contributed by atoms with E-state index in [0.29, 0.717) is 19.8 Å². The van der Waals surface area contributed by atoms with Gasteiger partial charge >= 0.3 is 0 Å². The summed E-state index contributed by atoms with van der Waals surface area (Å²) in [5.41, 5.74) is 2.08. The van der Waals surface area contributed by atoms with Gasteiger partial charge in [0.1, 0.15) is 19.0 Å². The molecule has 5 nitrogen and oxygen atoms in total. The molecule has 0 radical (unpaired) electrons. The number of fused-ring (bicyclic) bond motifs is 1. The molecule has 6 heteroatoms. The first-order valence-electron chi connectivity index (χ1n) is 10.2. The first-order valence-corrected chi connectivity index (χ1v) is 10.2. The summed E-state index contributed by atoms with van der Waals surface area (Å²) < 4.78 is 24.5. The minimum absolute atomic E-state index is 0.0614. The lowest BCUT2D eigenvalue weighted by Gasteiger charge is -2.30. The highest BCUT2D eigenvalue weighted by atomic mass is 19.1. The lowest BCUT2D eigenvalue weighted by molar-refractivity contribution is -0.133. The first-order chi connectivity index (χ1) is 14.0. The van der Waals surface area contributed by atoms with Gasteiger partial charge in [-0.3, -0.25) is 9.69 Å². The van der Waals surface area contributed by atoms with E-state index in [1.54, 1.807) is 17.0 Å². The maximum atomic E-state index is 13.2. The van der Waals surface area contributed by atoms with E-state index in [9.17, 15) is 9.18 Å². The average Bonchev–Trinajstić information content (AvgIpc) is 3.21. The zero-order chi connectivity index (χ0) is 20.4. The van der Waals surface area contributed by atoms with E-state index in [2.05, 4.69) is 11.0 Å². The van der Waals surface area contributed by atoms with Gasteiger partial charge in [0.25, 0.3) is 0 Å². The van der Waals surface area contributed by atoms with Crippen LogP contribution in [0.1, 0.15) is 43.0 Å². The van der Waals surface area contributed by atoms with Crippen molar-refractivity contribution in [1.29, 1.82) is 0 Å². The van der Waals surface area contributed by atoms with Crippen molar-refractivity contribution in [3.8, 4) is 11.5 Å². The molecule has 2 aliphatic rings. The lowest BCUT2D eigenvalue weighted by atomic mass is 10.0. The van der Waals surface area contributed by atoms with Crippen LogP contribution in [-0.4, -0.2) is 49.1 Å². The van der Waals surface area contributed by atoms with Crippen LogP contribution in [-0.2, 0) is 4.79 Å². The average molecular weight is 398 g/mol. The van der Waals surface area contributed by atoms with E-state index < -0.39 is 0 Å². The third-order valence-corrected chi connectivity index (χ3v) is 5.98. The van der Waals surface area contributed by atoms with E-state index >= 15 is 0 Å². The zero-order valence-corrected chi connectivity index (χ0v) is 16.9. The molecule has 1 fully saturated rings. The number of amides is 1. The number of carbonyl (C=O) groups excluding carboxylic acids is 1. The second-order valence-electron chi connectivity index (χ2n) is 7.76. The number of likely N-dealkylation sites (N-methyl/N-ethyl adjacent to an activating group) is 1. The molecule has 2 heterocycles. The maximum Gasteiger partial charge on any atom is 0.237 e. The van der Waals surface area contributed by atoms with E-state index in [0.717, 1.165) is 42.0 Å². The summed E-state index contributed by atoms with van der Waals surface area (Å²) in [6.07, 6.45) is 2.08. The van der Waals surface area contributed by atoms with Crippen molar-refractivity contribution < 1.29 is 18.7 Å². The van der Waals surface area contributed by atoms with Crippen molar-refractivity contribution in [1.82, 2.24) is 9.80 Å². The Morgan fingerprint density at radius 1 is 1.17 bits per heavy atom. The molecule has 0 unspecified atom stereocenters. The van der Waals surface area contributed by atoms with Gasteiger partial charge in [0.05, 0.1) is 12.6 Å². The molecular weight excluding hydrogens is 371 g/mol. The third-order valence-electron chi connectivity index (χ3n) is 5.98. The van der Waals surface area contributed by atoms with E-state index in [1.807, 2.05) is 26.1 Å². The number of halogens is 1. The van der Waals surface area contributed by atoms with Gasteiger partial charge in [-0.2, -0.15) is 0 Å². The highest BCUT2D eigenvalue weighted by molar-refractivity contribution is 5.78. The second kappa shape index (κ2) is 8.41. The number of rotatable bonds is 5. The molecule has 0 aliphatic carbocycles. The van der Waals surface area contributed by atoms with Crippen LogP contribution in [0.2, 0.25) is 0 Å². The van der Waals surface area contributed by atoms with Crippen LogP contribution in [0.15, 0.2) is 42.5 Å². The summed E-state index contributed by atoms with van der Waals surface area (Å²) in [7, 11) is 1.81. The van der Waals surface area contributed by atoms with Gasteiger partial charge < -0.3 is 14.4 Å². The molecule has 1 amide bonds. The normalized spacial score (nSPS) is 19.8. The van der Waals surface area contributed by atoms with Crippen LogP contribution in [0, 0.1) is 5.82 Å². The number of ether oxygens (including phenoxy) is 2. The third kappa shape index (κ3) is 4.22. The fraction of sp³-hybridized carbons (Fsp3) is 0.435. The molecule has 4 rings (SSSR count). The Morgan fingerprint density at radius 2 is 1.90 bits per heavy atom. The predicted molar refractivity (Wildman–Crippen MR) is 109 cm³/mol. The highest BCUT2D eigenvalue weighted by Crippen LogP contribution is 2.38. The van der Waals surface area contributed by atoms with Crippen molar-refractivity contribution in [2.24, 2.45) is 0 Å². The molecular formula is C23H27FN2O3. The maximum absolute atomic E-state index is 13.2. The topological polar surface area (TPSA) is 42.0 Å². The van der Waals surface area contributed by atoms with Crippen LogP contribution < -0.4 is 9.47 Å². The Balaban J connectivity index is 1.44. The smallest absolute Gasteiger partial charge is 0.237 e. The second-order valence-corrected chi connectivity index (χ2v) is 7.76. The van der Waals surface area contributed by atoms with E-state index in [-0.39, 0.29) is 23.8 Å². The van der Waals surface area contributed by atoms with Crippen LogP contribution in [0.25, 0.3) is 0 Å². The van der Waals surface area contributed by atoms with Crippen molar-refractivity contribution >= 4 is 5.91 Å².